The zero-order valence-electron chi connectivity index (χ0n) is 21.7. The van der Waals surface area contributed by atoms with Crippen LogP contribution in [0.5, 0.6) is 0 Å². The molecule has 1 aromatic heterocycles. The number of anilines is 1. The molecule has 1 saturated heterocycles. The Kier molecular flexibility index (Phi) is 9.15. The van der Waals surface area contributed by atoms with Crippen LogP contribution in [0.15, 0.2) is 54.7 Å². The predicted octanol–water partition coefficient (Wildman–Crippen LogP) is 3.56. The van der Waals surface area contributed by atoms with E-state index >= 15 is 0 Å². The molecule has 0 bridgehead atoms. The summed E-state index contributed by atoms with van der Waals surface area (Å²) in [5.41, 5.74) is 0.764. The van der Waals surface area contributed by atoms with E-state index in [1.807, 2.05) is 17.0 Å². The van der Waals surface area contributed by atoms with Crippen LogP contribution in [0.3, 0.4) is 0 Å². The average molecular weight is 557 g/mol. The first-order chi connectivity index (χ1) is 18.7. The molecule has 0 aliphatic carbocycles. The molecule has 4 rings (SSSR count). The van der Waals surface area contributed by atoms with Gasteiger partial charge in [0.25, 0.3) is 0 Å². The molecular formula is C27H30ClFN6O4. The van der Waals surface area contributed by atoms with Crippen molar-refractivity contribution in [1.29, 1.82) is 0 Å². The first kappa shape index (κ1) is 28.1. The molecule has 0 unspecified atom stereocenters. The number of nitrogens with one attached hydrogen (secondary N) is 2. The van der Waals surface area contributed by atoms with Crippen LogP contribution in [0.1, 0.15) is 5.56 Å². The number of carbonyl (C=O) groups is 3. The maximum absolute atomic E-state index is 13.6. The highest BCUT2D eigenvalue weighted by Gasteiger charge is 2.28. The van der Waals surface area contributed by atoms with Crippen molar-refractivity contribution in [2.24, 2.45) is 0 Å². The van der Waals surface area contributed by atoms with Crippen LogP contribution in [-0.2, 0) is 16.1 Å². The van der Waals surface area contributed by atoms with E-state index in [2.05, 4.69) is 15.6 Å². The Morgan fingerprint density at radius 1 is 1.18 bits per heavy atom. The van der Waals surface area contributed by atoms with Crippen molar-refractivity contribution >= 4 is 46.2 Å². The minimum absolute atomic E-state index is 0.0247. The lowest BCUT2D eigenvalue weighted by Crippen LogP contribution is -2.55. The summed E-state index contributed by atoms with van der Waals surface area (Å²) in [6.45, 7) is 1.78. The van der Waals surface area contributed by atoms with Crippen molar-refractivity contribution in [2.75, 3.05) is 52.2 Å². The van der Waals surface area contributed by atoms with Gasteiger partial charge in [-0.3, -0.25) is 15.0 Å². The molecule has 1 atom stereocenters. The number of rotatable bonds is 8. The zero-order valence-corrected chi connectivity index (χ0v) is 22.4. The van der Waals surface area contributed by atoms with Crippen LogP contribution >= 0.6 is 11.6 Å². The molecule has 1 fully saturated rings. The number of hydrogen-bond acceptors (Lipinski definition) is 6. The number of nitrogens with zero attached hydrogens (tertiary/aromatic N) is 4. The number of carbonyl (C=O) groups excluding carboxylic acids is 3. The van der Waals surface area contributed by atoms with Gasteiger partial charge in [0.2, 0.25) is 5.91 Å². The molecule has 3 aromatic rings. The molecule has 39 heavy (non-hydrogen) atoms. The summed E-state index contributed by atoms with van der Waals surface area (Å²) < 4.78 is 19.0. The second-order valence-corrected chi connectivity index (χ2v) is 9.76. The molecule has 0 radical (unpaired) electrons. The fraction of sp³-hybridized carbons (Fsp3) is 0.333. The molecule has 206 valence electrons. The van der Waals surface area contributed by atoms with Gasteiger partial charge in [-0.05, 0) is 41.3 Å². The van der Waals surface area contributed by atoms with E-state index in [1.165, 1.54) is 23.2 Å². The predicted molar refractivity (Wildman–Crippen MR) is 146 cm³/mol. The van der Waals surface area contributed by atoms with E-state index < -0.39 is 18.0 Å². The number of aromatic nitrogens is 1. The van der Waals surface area contributed by atoms with Crippen LogP contribution in [0.25, 0.3) is 10.8 Å². The number of benzene rings is 2. The smallest absolute Gasteiger partial charge is 0.412 e. The highest BCUT2D eigenvalue weighted by Crippen LogP contribution is 2.18. The molecular weight excluding hydrogens is 527 g/mol. The van der Waals surface area contributed by atoms with E-state index in [9.17, 15) is 18.8 Å². The van der Waals surface area contributed by atoms with Crippen molar-refractivity contribution in [3.05, 3.63) is 71.1 Å². The number of piperazine rings is 1. The van der Waals surface area contributed by atoms with Crippen LogP contribution < -0.4 is 10.6 Å². The number of halogens is 2. The van der Waals surface area contributed by atoms with Crippen molar-refractivity contribution < 1.29 is 23.5 Å². The van der Waals surface area contributed by atoms with Crippen LogP contribution in [-0.4, -0.2) is 90.6 Å². The monoisotopic (exact) mass is 556 g/mol. The number of pyridine rings is 1. The summed E-state index contributed by atoms with van der Waals surface area (Å²) in [6.07, 6.45) is 0.747. The minimum atomic E-state index is -0.775. The van der Waals surface area contributed by atoms with Gasteiger partial charge in [0.05, 0.1) is 12.6 Å². The van der Waals surface area contributed by atoms with Gasteiger partial charge in [0.15, 0.2) is 0 Å². The molecule has 4 amide bonds. The van der Waals surface area contributed by atoms with E-state index in [-0.39, 0.29) is 37.5 Å². The molecule has 2 heterocycles. The zero-order chi connectivity index (χ0) is 27.9. The lowest BCUT2D eigenvalue weighted by molar-refractivity contribution is -0.134. The third kappa shape index (κ3) is 7.55. The Hall–Kier alpha value is -3.96. The molecule has 2 aromatic carbocycles. The largest absolute Gasteiger partial charge is 0.447 e. The van der Waals surface area contributed by atoms with E-state index in [0.717, 1.165) is 10.9 Å². The van der Waals surface area contributed by atoms with E-state index in [4.69, 9.17) is 16.3 Å². The number of fused-ring (bicyclic) bond motifs is 1. The molecule has 1 aliphatic rings. The van der Waals surface area contributed by atoms with E-state index in [0.29, 0.717) is 30.0 Å². The molecule has 1 aliphatic heterocycles. The number of urea groups is 1. The highest BCUT2D eigenvalue weighted by atomic mass is 35.5. The summed E-state index contributed by atoms with van der Waals surface area (Å²) in [5.74, 6) is -0.225. The maximum Gasteiger partial charge on any atom is 0.412 e. The lowest BCUT2D eigenvalue weighted by atomic mass is 10.2. The third-order valence-corrected chi connectivity index (χ3v) is 6.95. The standard InChI is InChI=1S/C27H30ClFN6O4/c1-33-9-10-35(16-25(33)36)15-22(34(2)26(37)31-14-19-5-3-4-6-23(19)28)17-39-27(38)32-24-12-20-11-21(29)8-7-18(20)13-30-24/h3-8,11-13,22H,9-10,14-17H2,1-2H3,(H,31,37)(H,30,32,38)/t22-/m0/s1. The molecule has 0 saturated carbocycles. The number of ether oxygens (including phenoxy) is 1. The lowest BCUT2D eigenvalue weighted by Gasteiger charge is -2.36. The van der Waals surface area contributed by atoms with Gasteiger partial charge < -0.3 is 19.9 Å². The quantitative estimate of drug-likeness (QED) is 0.439. The number of amides is 4. The summed E-state index contributed by atoms with van der Waals surface area (Å²) in [7, 11) is 3.35. The Bertz CT molecular complexity index is 1360. The molecule has 10 nitrogen and oxygen atoms in total. The van der Waals surface area contributed by atoms with Crippen molar-refractivity contribution in [1.82, 2.24) is 25.0 Å². The Morgan fingerprint density at radius 3 is 2.74 bits per heavy atom. The Labute approximate surface area is 230 Å². The fourth-order valence-corrected chi connectivity index (χ4v) is 4.35. The summed E-state index contributed by atoms with van der Waals surface area (Å²) in [5, 5.41) is 7.22. The van der Waals surface area contributed by atoms with Crippen molar-refractivity contribution in [3.8, 4) is 0 Å². The minimum Gasteiger partial charge on any atom is -0.447 e. The summed E-state index contributed by atoms with van der Waals surface area (Å²) >= 11 is 6.20. The second kappa shape index (κ2) is 12.7. The topological polar surface area (TPSA) is 107 Å². The first-order valence-electron chi connectivity index (χ1n) is 12.4. The van der Waals surface area contributed by atoms with Gasteiger partial charge in [0, 0.05) is 56.9 Å². The number of likely N-dealkylation sites (N-methyl/N-ethyl adjacent to an activating group) is 2. The van der Waals surface area contributed by atoms with Gasteiger partial charge in [0.1, 0.15) is 18.2 Å². The summed E-state index contributed by atoms with van der Waals surface area (Å²) in [4.78, 5) is 47.0. The Morgan fingerprint density at radius 2 is 1.97 bits per heavy atom. The first-order valence-corrected chi connectivity index (χ1v) is 12.8. The molecule has 0 spiro atoms. The molecule has 12 heteroatoms. The highest BCUT2D eigenvalue weighted by molar-refractivity contribution is 6.31. The third-order valence-electron chi connectivity index (χ3n) is 6.58. The van der Waals surface area contributed by atoms with Crippen LogP contribution in [0.4, 0.5) is 19.8 Å². The molecule has 2 N–H and O–H groups in total. The van der Waals surface area contributed by atoms with E-state index in [1.54, 1.807) is 43.3 Å². The van der Waals surface area contributed by atoms with Gasteiger partial charge in [-0.25, -0.2) is 19.0 Å². The normalized spacial score (nSPS) is 14.7. The second-order valence-electron chi connectivity index (χ2n) is 9.35. The maximum atomic E-state index is 13.6. The van der Waals surface area contributed by atoms with Gasteiger partial charge >= 0.3 is 12.1 Å². The average Bonchev–Trinajstić information content (AvgIpc) is 2.91. The van der Waals surface area contributed by atoms with Crippen molar-refractivity contribution in [3.63, 3.8) is 0 Å². The Balaban J connectivity index is 1.40. The van der Waals surface area contributed by atoms with Crippen LogP contribution in [0.2, 0.25) is 5.02 Å². The van der Waals surface area contributed by atoms with Crippen molar-refractivity contribution in [2.45, 2.75) is 12.6 Å². The SMILES string of the molecule is CN1CCN(C[C@@H](COC(=O)Nc2cc3cc(F)ccc3cn2)N(C)C(=O)NCc2ccccc2Cl)CC1=O. The summed E-state index contributed by atoms with van der Waals surface area (Å²) in [6, 6.07) is 12.1. The fourth-order valence-electron chi connectivity index (χ4n) is 4.14. The van der Waals surface area contributed by atoms with Gasteiger partial charge in [-0.15, -0.1) is 0 Å². The van der Waals surface area contributed by atoms with Gasteiger partial charge in [-0.1, -0.05) is 29.8 Å². The number of hydrogen-bond donors (Lipinski definition) is 2. The van der Waals surface area contributed by atoms with Crippen LogP contribution in [0, 0.1) is 5.82 Å². The van der Waals surface area contributed by atoms with Gasteiger partial charge in [-0.2, -0.15) is 0 Å².